The highest BCUT2D eigenvalue weighted by Crippen LogP contribution is 2.44. The number of fused-ring (bicyclic) bond motifs is 1. The van der Waals surface area contributed by atoms with E-state index in [2.05, 4.69) is 23.3 Å². The van der Waals surface area contributed by atoms with Crippen molar-refractivity contribution in [3.8, 4) is 5.75 Å². The van der Waals surface area contributed by atoms with Gasteiger partial charge in [-0.25, -0.2) is 8.42 Å². The maximum Gasteiger partial charge on any atom is 0.251 e. The molecule has 1 atom stereocenters. The van der Waals surface area contributed by atoms with E-state index in [4.69, 9.17) is 4.74 Å². The molecular formula is C28H35N3O5S. The van der Waals surface area contributed by atoms with Crippen LogP contribution in [0.4, 0.5) is 0 Å². The second kappa shape index (κ2) is 9.95. The highest BCUT2D eigenvalue weighted by atomic mass is 32.2. The van der Waals surface area contributed by atoms with Crippen LogP contribution >= 0.6 is 0 Å². The molecule has 2 aromatic rings. The van der Waals surface area contributed by atoms with Gasteiger partial charge < -0.3 is 15.4 Å². The number of hydrogen-bond acceptors (Lipinski definition) is 5. The summed E-state index contributed by atoms with van der Waals surface area (Å²) in [6.07, 6.45) is 3.18. The minimum atomic E-state index is -3.92. The van der Waals surface area contributed by atoms with Crippen LogP contribution in [0.2, 0.25) is 0 Å². The molecule has 2 N–H and O–H groups in total. The van der Waals surface area contributed by atoms with Crippen molar-refractivity contribution in [1.82, 2.24) is 14.9 Å². The van der Waals surface area contributed by atoms with Gasteiger partial charge in [0.2, 0.25) is 15.9 Å². The minimum absolute atomic E-state index is 0.0953. The first kappa shape index (κ1) is 26.9. The normalized spacial score (nSPS) is 20.1. The van der Waals surface area contributed by atoms with E-state index in [1.807, 2.05) is 39.8 Å². The molecule has 1 saturated heterocycles. The van der Waals surface area contributed by atoms with Crippen molar-refractivity contribution in [2.75, 3.05) is 13.2 Å². The van der Waals surface area contributed by atoms with E-state index in [0.717, 1.165) is 17.7 Å². The Morgan fingerprint density at radius 2 is 1.84 bits per heavy atom. The topological polar surface area (TPSA) is 105 Å². The van der Waals surface area contributed by atoms with Gasteiger partial charge in [-0.2, -0.15) is 4.31 Å². The lowest BCUT2D eigenvalue weighted by Crippen LogP contribution is -2.56. The third-order valence-corrected chi connectivity index (χ3v) is 9.58. The molecular weight excluding hydrogens is 490 g/mol. The third-order valence-electron chi connectivity index (χ3n) is 7.26. The van der Waals surface area contributed by atoms with E-state index in [1.165, 1.54) is 40.2 Å². The van der Waals surface area contributed by atoms with Gasteiger partial charge in [-0.05, 0) is 82.0 Å². The summed E-state index contributed by atoms with van der Waals surface area (Å²) in [6, 6.07) is 11.7. The molecule has 2 aromatic carbocycles. The van der Waals surface area contributed by atoms with Gasteiger partial charge in [0.05, 0.1) is 17.0 Å². The summed E-state index contributed by atoms with van der Waals surface area (Å²) >= 11 is 0. The lowest BCUT2D eigenvalue weighted by atomic mass is 9.94. The van der Waals surface area contributed by atoms with E-state index in [0.29, 0.717) is 31.6 Å². The fourth-order valence-electron chi connectivity index (χ4n) is 5.62. The lowest BCUT2D eigenvalue weighted by Gasteiger charge is -2.40. The maximum absolute atomic E-state index is 13.8. The Morgan fingerprint density at radius 1 is 1.14 bits per heavy atom. The van der Waals surface area contributed by atoms with Crippen LogP contribution in [0.3, 0.4) is 0 Å². The molecule has 8 nitrogen and oxygen atoms in total. The van der Waals surface area contributed by atoms with Crippen LogP contribution in [-0.2, 0) is 27.7 Å². The predicted molar refractivity (Wildman–Crippen MR) is 142 cm³/mol. The molecule has 2 aliphatic rings. The standard InChI is InChI=1S/C28H35N3O5S/c1-6-24(32)30-23-18-27(2,3)31(28(23,4)5)37(34,35)22-12-10-21(11-13-22)26(33)29-16-14-19-8-7-9-20-15-17-36-25(19)20/h6-13,23H,1,14-18H2,2-5H3,(H,29,33)(H,30,32). The zero-order valence-corrected chi connectivity index (χ0v) is 22.7. The van der Waals surface area contributed by atoms with Crippen LogP contribution in [0.15, 0.2) is 60.0 Å². The minimum Gasteiger partial charge on any atom is -0.493 e. The van der Waals surface area contributed by atoms with Gasteiger partial charge in [0.15, 0.2) is 0 Å². The van der Waals surface area contributed by atoms with Crippen LogP contribution in [0.25, 0.3) is 0 Å². The summed E-state index contributed by atoms with van der Waals surface area (Å²) in [7, 11) is -3.92. The first-order valence-corrected chi connectivity index (χ1v) is 13.9. The van der Waals surface area contributed by atoms with Crippen LogP contribution in [0.5, 0.6) is 5.75 Å². The molecule has 2 amide bonds. The number of benzene rings is 2. The Hall–Kier alpha value is -3.17. The molecule has 0 saturated carbocycles. The molecule has 1 fully saturated rings. The molecule has 2 aliphatic heterocycles. The second-order valence-electron chi connectivity index (χ2n) is 10.7. The summed E-state index contributed by atoms with van der Waals surface area (Å²) in [4.78, 5) is 24.8. The molecule has 1 unspecified atom stereocenters. The molecule has 2 heterocycles. The lowest BCUT2D eigenvalue weighted by molar-refractivity contribution is -0.117. The predicted octanol–water partition coefficient (Wildman–Crippen LogP) is 3.22. The van der Waals surface area contributed by atoms with E-state index in [1.54, 1.807) is 0 Å². The van der Waals surface area contributed by atoms with Crippen molar-refractivity contribution in [2.45, 2.75) is 69.0 Å². The summed E-state index contributed by atoms with van der Waals surface area (Å²) in [6.45, 7) is 11.9. The number of nitrogens with one attached hydrogen (secondary N) is 2. The number of para-hydroxylation sites is 1. The molecule has 0 bridgehead atoms. The Bertz CT molecular complexity index is 1320. The summed E-state index contributed by atoms with van der Waals surface area (Å²) < 4.78 is 34.7. The summed E-state index contributed by atoms with van der Waals surface area (Å²) in [5.74, 6) is 0.310. The molecule has 198 valence electrons. The SMILES string of the molecule is C=CC(=O)NC1CC(C)(C)N(S(=O)(=O)c2ccc(C(=O)NCCc3cccc4c3OCC4)cc2)C1(C)C. The Morgan fingerprint density at radius 3 is 2.51 bits per heavy atom. The number of nitrogens with zero attached hydrogens (tertiary/aromatic N) is 1. The Balaban J connectivity index is 1.45. The van der Waals surface area contributed by atoms with Crippen molar-refractivity contribution >= 4 is 21.8 Å². The number of amides is 2. The largest absolute Gasteiger partial charge is 0.493 e. The zero-order chi connectivity index (χ0) is 27.0. The second-order valence-corrected chi connectivity index (χ2v) is 12.5. The fraction of sp³-hybridized carbons (Fsp3) is 0.429. The van der Waals surface area contributed by atoms with Crippen LogP contribution in [-0.4, -0.2) is 54.8 Å². The summed E-state index contributed by atoms with van der Waals surface area (Å²) in [5, 5.41) is 5.78. The van der Waals surface area contributed by atoms with Crippen molar-refractivity contribution in [3.63, 3.8) is 0 Å². The van der Waals surface area contributed by atoms with Gasteiger partial charge in [-0.1, -0.05) is 24.8 Å². The number of sulfonamides is 1. The van der Waals surface area contributed by atoms with Crippen LogP contribution in [0.1, 0.15) is 55.6 Å². The number of hydrogen-bond donors (Lipinski definition) is 2. The van der Waals surface area contributed by atoms with E-state index in [9.17, 15) is 18.0 Å². The molecule has 4 rings (SSSR count). The number of carbonyl (C=O) groups is 2. The van der Waals surface area contributed by atoms with Gasteiger partial charge >= 0.3 is 0 Å². The van der Waals surface area contributed by atoms with Crippen molar-refractivity contribution in [1.29, 1.82) is 0 Å². The van der Waals surface area contributed by atoms with Crippen molar-refractivity contribution in [3.05, 3.63) is 71.8 Å². The van der Waals surface area contributed by atoms with Crippen molar-refractivity contribution in [2.24, 2.45) is 0 Å². The smallest absolute Gasteiger partial charge is 0.251 e. The number of rotatable bonds is 8. The third kappa shape index (κ3) is 5.15. The number of ether oxygens (including phenoxy) is 1. The van der Waals surface area contributed by atoms with Crippen LogP contribution in [0, 0.1) is 0 Å². The Labute approximate surface area is 219 Å². The van der Waals surface area contributed by atoms with Gasteiger partial charge in [0.1, 0.15) is 5.75 Å². The van der Waals surface area contributed by atoms with E-state index >= 15 is 0 Å². The molecule has 0 spiro atoms. The van der Waals surface area contributed by atoms with Gasteiger partial charge in [-0.3, -0.25) is 9.59 Å². The zero-order valence-electron chi connectivity index (χ0n) is 21.8. The van der Waals surface area contributed by atoms with Gasteiger partial charge in [-0.15, -0.1) is 0 Å². The highest BCUT2D eigenvalue weighted by molar-refractivity contribution is 7.89. The molecule has 0 aromatic heterocycles. The van der Waals surface area contributed by atoms with Crippen LogP contribution < -0.4 is 15.4 Å². The fourth-order valence-corrected chi connectivity index (χ4v) is 7.79. The molecule has 0 radical (unpaired) electrons. The maximum atomic E-state index is 13.8. The van der Waals surface area contributed by atoms with Gasteiger partial charge in [0, 0.05) is 30.1 Å². The summed E-state index contributed by atoms with van der Waals surface area (Å²) in [5.41, 5.74) is 1.02. The van der Waals surface area contributed by atoms with Gasteiger partial charge in [0.25, 0.3) is 5.91 Å². The molecule has 9 heteroatoms. The quantitative estimate of drug-likeness (QED) is 0.515. The van der Waals surface area contributed by atoms with Crippen molar-refractivity contribution < 1.29 is 22.7 Å². The Kier molecular flexibility index (Phi) is 7.23. The highest BCUT2D eigenvalue weighted by Gasteiger charge is 2.57. The first-order valence-electron chi connectivity index (χ1n) is 12.5. The average molecular weight is 526 g/mol. The monoisotopic (exact) mass is 525 g/mol. The number of carbonyl (C=O) groups excluding carboxylic acids is 2. The van der Waals surface area contributed by atoms with E-state index in [-0.39, 0.29) is 22.8 Å². The average Bonchev–Trinajstić information content (AvgIpc) is 3.39. The molecule has 37 heavy (non-hydrogen) atoms. The first-order chi connectivity index (χ1) is 17.4. The van der Waals surface area contributed by atoms with E-state index < -0.39 is 21.1 Å². The molecule has 0 aliphatic carbocycles.